The summed E-state index contributed by atoms with van der Waals surface area (Å²) in [6.45, 7) is 4.80. The average molecular weight is 276 g/mol. The summed E-state index contributed by atoms with van der Waals surface area (Å²) < 4.78 is 16.0. The molecular formula is C16H21FN2O. The highest BCUT2D eigenvalue weighted by Gasteiger charge is 2.31. The van der Waals surface area contributed by atoms with Crippen molar-refractivity contribution in [1.29, 1.82) is 0 Å². The fourth-order valence-electron chi connectivity index (χ4n) is 2.46. The van der Waals surface area contributed by atoms with Crippen molar-refractivity contribution in [2.75, 3.05) is 0 Å². The third-order valence-electron chi connectivity index (χ3n) is 3.68. The van der Waals surface area contributed by atoms with Crippen molar-refractivity contribution in [2.24, 2.45) is 0 Å². The fourth-order valence-corrected chi connectivity index (χ4v) is 2.46. The van der Waals surface area contributed by atoms with Gasteiger partial charge in [0, 0.05) is 30.9 Å². The van der Waals surface area contributed by atoms with Gasteiger partial charge in [-0.3, -0.25) is 0 Å². The third kappa shape index (κ3) is 2.90. The number of aromatic nitrogens is 2. The lowest BCUT2D eigenvalue weighted by molar-refractivity contribution is 0.0263. The van der Waals surface area contributed by atoms with Crippen molar-refractivity contribution in [3.63, 3.8) is 0 Å². The number of hydrogen-bond acceptors (Lipinski definition) is 2. The van der Waals surface area contributed by atoms with E-state index in [2.05, 4.69) is 11.9 Å². The summed E-state index contributed by atoms with van der Waals surface area (Å²) in [5.74, 6) is 0.421. The van der Waals surface area contributed by atoms with Gasteiger partial charge in [-0.15, -0.1) is 0 Å². The van der Waals surface area contributed by atoms with Crippen molar-refractivity contribution < 1.29 is 9.50 Å². The van der Waals surface area contributed by atoms with E-state index < -0.39 is 5.60 Å². The Bertz CT molecular complexity index is 567. The summed E-state index contributed by atoms with van der Waals surface area (Å²) in [6.07, 6.45) is 5.37. The number of benzene rings is 1. The minimum atomic E-state index is -1.22. The molecule has 0 aliphatic rings. The lowest BCUT2D eigenvalue weighted by atomic mass is 9.87. The fraction of sp³-hybridized carbons (Fsp3) is 0.438. The van der Waals surface area contributed by atoms with Crippen LogP contribution in [-0.4, -0.2) is 14.7 Å². The predicted molar refractivity (Wildman–Crippen MR) is 76.8 cm³/mol. The van der Waals surface area contributed by atoms with Gasteiger partial charge in [-0.05, 0) is 18.9 Å². The monoisotopic (exact) mass is 276 g/mol. The number of nitrogens with zero attached hydrogens (tertiary/aromatic N) is 2. The van der Waals surface area contributed by atoms with Gasteiger partial charge < -0.3 is 9.67 Å². The van der Waals surface area contributed by atoms with Crippen LogP contribution in [0.15, 0.2) is 36.7 Å². The lowest BCUT2D eigenvalue weighted by Crippen LogP contribution is -2.30. The molecule has 2 aromatic rings. The number of hydrogen-bond donors (Lipinski definition) is 1. The maximum atomic E-state index is 14.0. The van der Waals surface area contributed by atoms with E-state index in [1.165, 1.54) is 6.07 Å². The molecule has 1 N–H and O–H groups in total. The smallest absolute Gasteiger partial charge is 0.129 e. The van der Waals surface area contributed by atoms with Crippen LogP contribution in [0.5, 0.6) is 0 Å². The van der Waals surface area contributed by atoms with Crippen molar-refractivity contribution >= 4 is 0 Å². The minimum absolute atomic E-state index is 0.317. The second-order valence-electron chi connectivity index (χ2n) is 5.08. The van der Waals surface area contributed by atoms with Crippen LogP contribution in [-0.2, 0) is 18.6 Å². The standard InChI is InChI=1S/C16H21FN2O/c1-3-10-19-11-9-18-15(19)12-16(20,4-2)13-7-5-6-8-14(13)17/h5-9,11,20H,3-4,10,12H2,1-2H3. The Hall–Kier alpha value is -1.68. The highest BCUT2D eigenvalue weighted by atomic mass is 19.1. The second kappa shape index (κ2) is 6.18. The molecule has 0 bridgehead atoms. The number of halogens is 1. The Kier molecular flexibility index (Phi) is 4.55. The molecule has 3 nitrogen and oxygen atoms in total. The molecule has 0 spiro atoms. The average Bonchev–Trinajstić information content (AvgIpc) is 2.86. The van der Waals surface area contributed by atoms with Crippen molar-refractivity contribution in [3.8, 4) is 0 Å². The van der Waals surface area contributed by atoms with Gasteiger partial charge in [-0.25, -0.2) is 9.37 Å². The van der Waals surface area contributed by atoms with Gasteiger partial charge >= 0.3 is 0 Å². The van der Waals surface area contributed by atoms with Crippen molar-refractivity contribution in [3.05, 3.63) is 53.9 Å². The van der Waals surface area contributed by atoms with Gasteiger partial charge in [0.2, 0.25) is 0 Å². The van der Waals surface area contributed by atoms with E-state index in [1.54, 1.807) is 24.4 Å². The Labute approximate surface area is 119 Å². The molecule has 1 aromatic carbocycles. The molecule has 108 valence electrons. The van der Waals surface area contributed by atoms with E-state index in [-0.39, 0.29) is 5.82 Å². The van der Waals surface area contributed by atoms with Gasteiger partial charge in [-0.1, -0.05) is 32.0 Å². The largest absolute Gasteiger partial charge is 0.385 e. The summed E-state index contributed by atoms with van der Waals surface area (Å²) in [5, 5.41) is 10.8. The van der Waals surface area contributed by atoms with Gasteiger partial charge in [0.15, 0.2) is 0 Å². The number of imidazole rings is 1. The first-order chi connectivity index (χ1) is 9.60. The Balaban J connectivity index is 2.32. The summed E-state index contributed by atoms with van der Waals surface area (Å²) in [6, 6.07) is 6.41. The first-order valence-corrected chi connectivity index (χ1v) is 7.08. The third-order valence-corrected chi connectivity index (χ3v) is 3.68. The molecule has 0 amide bonds. The van der Waals surface area contributed by atoms with E-state index in [0.29, 0.717) is 18.4 Å². The number of aryl methyl sites for hydroxylation is 1. The molecule has 1 heterocycles. The van der Waals surface area contributed by atoms with E-state index in [4.69, 9.17) is 0 Å². The zero-order valence-electron chi connectivity index (χ0n) is 12.0. The summed E-state index contributed by atoms with van der Waals surface area (Å²) in [5.41, 5.74) is -0.879. The zero-order valence-corrected chi connectivity index (χ0v) is 12.0. The molecule has 1 unspecified atom stereocenters. The van der Waals surface area contributed by atoms with E-state index >= 15 is 0 Å². The normalized spacial score (nSPS) is 14.2. The van der Waals surface area contributed by atoms with Crippen LogP contribution in [0.3, 0.4) is 0 Å². The molecule has 0 radical (unpaired) electrons. The molecule has 0 aliphatic heterocycles. The second-order valence-corrected chi connectivity index (χ2v) is 5.08. The molecule has 20 heavy (non-hydrogen) atoms. The lowest BCUT2D eigenvalue weighted by Gasteiger charge is -2.27. The van der Waals surface area contributed by atoms with Crippen LogP contribution in [0, 0.1) is 5.82 Å². The first-order valence-electron chi connectivity index (χ1n) is 7.08. The van der Waals surface area contributed by atoms with Crippen LogP contribution in [0.2, 0.25) is 0 Å². The predicted octanol–water partition coefficient (Wildman–Crippen LogP) is 3.27. The molecular weight excluding hydrogens is 255 g/mol. The Morgan fingerprint density at radius 3 is 2.70 bits per heavy atom. The molecule has 4 heteroatoms. The van der Waals surface area contributed by atoms with E-state index in [1.807, 2.05) is 17.7 Å². The van der Waals surface area contributed by atoms with Crippen LogP contribution in [0.25, 0.3) is 0 Å². The summed E-state index contributed by atoms with van der Waals surface area (Å²) in [4.78, 5) is 4.30. The minimum Gasteiger partial charge on any atom is -0.385 e. The van der Waals surface area contributed by atoms with Crippen molar-refractivity contribution in [2.45, 2.75) is 45.3 Å². The van der Waals surface area contributed by atoms with Crippen LogP contribution < -0.4 is 0 Å². The van der Waals surface area contributed by atoms with Crippen molar-refractivity contribution in [1.82, 2.24) is 9.55 Å². The van der Waals surface area contributed by atoms with Gasteiger partial charge in [0.05, 0.1) is 5.60 Å². The molecule has 0 saturated carbocycles. The first kappa shape index (κ1) is 14.7. The van der Waals surface area contributed by atoms with Crippen LogP contribution in [0.4, 0.5) is 4.39 Å². The molecule has 0 saturated heterocycles. The summed E-state index contributed by atoms with van der Waals surface area (Å²) >= 11 is 0. The Morgan fingerprint density at radius 1 is 1.30 bits per heavy atom. The van der Waals surface area contributed by atoms with Gasteiger partial charge in [0.25, 0.3) is 0 Å². The number of aliphatic hydroxyl groups is 1. The maximum Gasteiger partial charge on any atom is 0.129 e. The highest BCUT2D eigenvalue weighted by molar-refractivity contribution is 5.25. The quantitative estimate of drug-likeness (QED) is 0.879. The van der Waals surface area contributed by atoms with E-state index in [9.17, 15) is 9.50 Å². The van der Waals surface area contributed by atoms with Gasteiger partial charge in [-0.2, -0.15) is 0 Å². The summed E-state index contributed by atoms with van der Waals surface area (Å²) in [7, 11) is 0. The molecule has 2 rings (SSSR count). The zero-order chi connectivity index (χ0) is 14.6. The van der Waals surface area contributed by atoms with E-state index in [0.717, 1.165) is 18.8 Å². The van der Waals surface area contributed by atoms with Gasteiger partial charge in [0.1, 0.15) is 11.6 Å². The maximum absolute atomic E-state index is 14.0. The SMILES string of the molecule is CCCn1ccnc1CC(O)(CC)c1ccccc1F. The molecule has 1 aromatic heterocycles. The van der Waals surface area contributed by atoms with Crippen LogP contribution in [0.1, 0.15) is 38.1 Å². The van der Waals surface area contributed by atoms with Crippen LogP contribution >= 0.6 is 0 Å². The highest BCUT2D eigenvalue weighted by Crippen LogP contribution is 2.30. The molecule has 1 atom stereocenters. The molecule has 0 aliphatic carbocycles. The topological polar surface area (TPSA) is 38.0 Å². The Morgan fingerprint density at radius 2 is 2.05 bits per heavy atom. The number of rotatable bonds is 6. The molecule has 0 fully saturated rings.